The molecule has 25 heavy (non-hydrogen) atoms. The third kappa shape index (κ3) is 5.58. The number of nitro benzene ring substituents is 1. The lowest BCUT2D eigenvalue weighted by Gasteiger charge is -2.05. The van der Waals surface area contributed by atoms with Crippen LogP contribution in [0.3, 0.4) is 0 Å². The maximum absolute atomic E-state index is 11.8. The zero-order chi connectivity index (χ0) is 18.2. The van der Waals surface area contributed by atoms with Crippen molar-refractivity contribution in [1.29, 1.82) is 0 Å². The molecule has 7 heteroatoms. The standard InChI is InChI=1S/C18H16N2O5/c1-13-6-8-14(9-7-13)10-11-18(22)25-12-17(21)19-15-4-2-3-5-16(15)20(23)24/h2-11H,12H2,1H3,(H,19,21)/b11-10+. The molecule has 0 atom stereocenters. The minimum Gasteiger partial charge on any atom is -0.452 e. The van der Waals surface area contributed by atoms with Crippen molar-refractivity contribution in [1.82, 2.24) is 0 Å². The first kappa shape index (κ1) is 17.9. The number of nitrogens with one attached hydrogen (secondary N) is 1. The van der Waals surface area contributed by atoms with Gasteiger partial charge in [-0.05, 0) is 24.6 Å². The maximum Gasteiger partial charge on any atom is 0.331 e. The number of hydrogen-bond donors (Lipinski definition) is 1. The van der Waals surface area contributed by atoms with Gasteiger partial charge < -0.3 is 10.1 Å². The number of anilines is 1. The SMILES string of the molecule is Cc1ccc(/C=C/C(=O)OCC(=O)Nc2ccccc2[N+](=O)[O-])cc1. The Morgan fingerprint density at radius 1 is 1.16 bits per heavy atom. The summed E-state index contributed by atoms with van der Waals surface area (Å²) in [6.45, 7) is 1.42. The Labute approximate surface area is 144 Å². The number of hydrogen-bond acceptors (Lipinski definition) is 5. The van der Waals surface area contributed by atoms with Gasteiger partial charge in [0.2, 0.25) is 0 Å². The molecule has 1 N–H and O–H groups in total. The summed E-state index contributed by atoms with van der Waals surface area (Å²) in [6.07, 6.45) is 2.78. The fourth-order valence-corrected chi connectivity index (χ4v) is 1.95. The Kier molecular flexibility index (Phi) is 6.00. The van der Waals surface area contributed by atoms with E-state index in [9.17, 15) is 19.7 Å². The molecule has 0 aromatic heterocycles. The Morgan fingerprint density at radius 3 is 2.52 bits per heavy atom. The van der Waals surface area contributed by atoms with Gasteiger partial charge in [-0.1, -0.05) is 42.0 Å². The number of carbonyl (C=O) groups excluding carboxylic acids is 2. The highest BCUT2D eigenvalue weighted by atomic mass is 16.6. The average molecular weight is 340 g/mol. The van der Waals surface area contributed by atoms with Crippen LogP contribution in [0.15, 0.2) is 54.6 Å². The monoisotopic (exact) mass is 340 g/mol. The Hall–Kier alpha value is -3.48. The van der Waals surface area contributed by atoms with Crippen molar-refractivity contribution in [2.75, 3.05) is 11.9 Å². The van der Waals surface area contributed by atoms with Crippen LogP contribution in [0.25, 0.3) is 6.08 Å². The zero-order valence-electron chi connectivity index (χ0n) is 13.5. The molecule has 0 saturated heterocycles. The lowest BCUT2D eigenvalue weighted by atomic mass is 10.1. The van der Waals surface area contributed by atoms with E-state index in [0.29, 0.717) is 0 Å². The maximum atomic E-state index is 11.8. The average Bonchev–Trinajstić information content (AvgIpc) is 2.59. The zero-order valence-corrected chi connectivity index (χ0v) is 13.5. The van der Waals surface area contributed by atoms with Gasteiger partial charge in [0.05, 0.1) is 4.92 Å². The number of benzene rings is 2. The molecule has 2 aromatic rings. The number of aryl methyl sites for hydroxylation is 1. The van der Waals surface area contributed by atoms with Gasteiger partial charge in [0.1, 0.15) is 5.69 Å². The normalized spacial score (nSPS) is 10.4. The van der Waals surface area contributed by atoms with Crippen molar-refractivity contribution in [2.24, 2.45) is 0 Å². The van der Waals surface area contributed by atoms with Crippen molar-refractivity contribution in [3.05, 3.63) is 75.8 Å². The predicted octanol–water partition coefficient (Wildman–Crippen LogP) is 3.10. The second-order valence-electron chi connectivity index (χ2n) is 5.17. The highest BCUT2D eigenvalue weighted by Crippen LogP contribution is 2.22. The second kappa shape index (κ2) is 8.39. The van der Waals surface area contributed by atoms with Crippen molar-refractivity contribution < 1.29 is 19.2 Å². The van der Waals surface area contributed by atoms with Crippen LogP contribution in [0.5, 0.6) is 0 Å². The molecule has 0 unspecified atom stereocenters. The molecule has 0 heterocycles. The van der Waals surface area contributed by atoms with E-state index in [1.807, 2.05) is 31.2 Å². The third-order valence-electron chi connectivity index (χ3n) is 3.21. The van der Waals surface area contributed by atoms with Crippen molar-refractivity contribution in [2.45, 2.75) is 6.92 Å². The third-order valence-corrected chi connectivity index (χ3v) is 3.21. The summed E-state index contributed by atoms with van der Waals surface area (Å²) in [5, 5.41) is 13.2. The van der Waals surface area contributed by atoms with Gasteiger partial charge in [-0.15, -0.1) is 0 Å². The molecular weight excluding hydrogens is 324 g/mol. The van der Waals surface area contributed by atoms with E-state index in [4.69, 9.17) is 4.74 Å². The summed E-state index contributed by atoms with van der Waals surface area (Å²) in [7, 11) is 0. The molecule has 0 aliphatic rings. The van der Waals surface area contributed by atoms with Crippen molar-refractivity contribution in [3.63, 3.8) is 0 Å². The largest absolute Gasteiger partial charge is 0.452 e. The summed E-state index contributed by atoms with van der Waals surface area (Å²) in [6, 6.07) is 13.2. The van der Waals surface area contributed by atoms with E-state index in [1.54, 1.807) is 12.1 Å². The molecule has 2 aromatic carbocycles. The van der Waals surface area contributed by atoms with E-state index >= 15 is 0 Å². The lowest BCUT2D eigenvalue weighted by Crippen LogP contribution is -2.20. The van der Waals surface area contributed by atoms with Crippen LogP contribution >= 0.6 is 0 Å². The lowest BCUT2D eigenvalue weighted by molar-refractivity contribution is -0.383. The molecule has 2 rings (SSSR count). The van der Waals surface area contributed by atoms with Gasteiger partial charge in [0.25, 0.3) is 11.6 Å². The Bertz CT molecular complexity index is 812. The van der Waals surface area contributed by atoms with E-state index in [0.717, 1.165) is 11.1 Å². The molecule has 0 aliphatic carbocycles. The summed E-state index contributed by atoms with van der Waals surface area (Å²) >= 11 is 0. The fourth-order valence-electron chi connectivity index (χ4n) is 1.95. The van der Waals surface area contributed by atoms with Crippen LogP contribution in [0.4, 0.5) is 11.4 Å². The first-order valence-corrected chi connectivity index (χ1v) is 7.40. The summed E-state index contributed by atoms with van der Waals surface area (Å²) in [5.74, 6) is -1.34. The molecule has 7 nitrogen and oxygen atoms in total. The summed E-state index contributed by atoms with van der Waals surface area (Å²) in [4.78, 5) is 33.7. The summed E-state index contributed by atoms with van der Waals surface area (Å²) < 4.78 is 4.81. The molecule has 0 spiro atoms. The van der Waals surface area contributed by atoms with Gasteiger partial charge in [0.15, 0.2) is 6.61 Å². The highest BCUT2D eigenvalue weighted by Gasteiger charge is 2.15. The topological polar surface area (TPSA) is 98.5 Å². The number of para-hydroxylation sites is 2. The second-order valence-corrected chi connectivity index (χ2v) is 5.17. The number of esters is 1. The van der Waals surface area contributed by atoms with Crippen LogP contribution in [0, 0.1) is 17.0 Å². The number of carbonyl (C=O) groups is 2. The van der Waals surface area contributed by atoms with Gasteiger partial charge >= 0.3 is 5.97 Å². The Morgan fingerprint density at radius 2 is 1.84 bits per heavy atom. The van der Waals surface area contributed by atoms with E-state index in [2.05, 4.69) is 5.32 Å². The molecule has 0 fully saturated rings. The number of ether oxygens (including phenoxy) is 1. The van der Waals surface area contributed by atoms with E-state index < -0.39 is 23.4 Å². The van der Waals surface area contributed by atoms with Crippen LogP contribution in [0.1, 0.15) is 11.1 Å². The van der Waals surface area contributed by atoms with Gasteiger partial charge in [-0.3, -0.25) is 14.9 Å². The van der Waals surface area contributed by atoms with Crippen LogP contribution in [-0.4, -0.2) is 23.4 Å². The van der Waals surface area contributed by atoms with Crippen LogP contribution < -0.4 is 5.32 Å². The van der Waals surface area contributed by atoms with Crippen LogP contribution in [-0.2, 0) is 14.3 Å². The molecule has 0 aliphatic heterocycles. The van der Waals surface area contributed by atoms with Crippen LogP contribution in [0.2, 0.25) is 0 Å². The van der Waals surface area contributed by atoms with E-state index in [1.165, 1.54) is 24.3 Å². The first-order chi connectivity index (χ1) is 12.0. The summed E-state index contributed by atoms with van der Waals surface area (Å²) in [5.41, 5.74) is 1.74. The van der Waals surface area contributed by atoms with Crippen molar-refractivity contribution >= 4 is 29.3 Å². The highest BCUT2D eigenvalue weighted by molar-refractivity contribution is 5.96. The number of amides is 1. The number of nitrogens with zero attached hydrogens (tertiary/aromatic N) is 1. The Balaban J connectivity index is 1.86. The quantitative estimate of drug-likeness (QED) is 0.377. The van der Waals surface area contributed by atoms with Crippen molar-refractivity contribution in [3.8, 4) is 0 Å². The molecule has 1 amide bonds. The molecular formula is C18H16N2O5. The van der Waals surface area contributed by atoms with Gasteiger partial charge in [-0.2, -0.15) is 0 Å². The number of nitro groups is 1. The molecule has 0 bridgehead atoms. The fraction of sp³-hybridized carbons (Fsp3) is 0.111. The minimum atomic E-state index is -0.682. The predicted molar refractivity (Wildman–Crippen MR) is 92.9 cm³/mol. The minimum absolute atomic E-state index is 0.0451. The number of rotatable bonds is 6. The van der Waals surface area contributed by atoms with E-state index in [-0.39, 0.29) is 11.4 Å². The molecule has 128 valence electrons. The van der Waals surface area contributed by atoms with Gasteiger partial charge in [-0.25, -0.2) is 4.79 Å². The molecule has 0 radical (unpaired) electrons. The molecule has 0 saturated carbocycles. The smallest absolute Gasteiger partial charge is 0.331 e. The van der Waals surface area contributed by atoms with Gasteiger partial charge in [0, 0.05) is 12.1 Å². The first-order valence-electron chi connectivity index (χ1n) is 7.40.